The molecule has 1 aromatic carbocycles. The molecule has 0 bridgehead atoms. The van der Waals surface area contributed by atoms with Gasteiger partial charge >= 0.3 is 0 Å². The lowest BCUT2D eigenvalue weighted by molar-refractivity contribution is 0.722. The summed E-state index contributed by atoms with van der Waals surface area (Å²) in [6.45, 7) is 1.49. The molecule has 2 aromatic heterocycles. The Labute approximate surface area is 139 Å². The molecule has 3 aromatic rings. The fourth-order valence-electron chi connectivity index (χ4n) is 2.32. The lowest BCUT2D eigenvalue weighted by Gasteiger charge is -2.09. The minimum atomic E-state index is 0.158. The van der Waals surface area contributed by atoms with Crippen molar-refractivity contribution in [3.8, 4) is 0 Å². The van der Waals surface area contributed by atoms with Crippen LogP contribution >= 0.6 is 11.6 Å². The summed E-state index contributed by atoms with van der Waals surface area (Å²) in [7, 11) is 0. The highest BCUT2D eigenvalue weighted by Crippen LogP contribution is 2.12. The van der Waals surface area contributed by atoms with Crippen LogP contribution in [0.1, 0.15) is 11.4 Å². The van der Waals surface area contributed by atoms with Gasteiger partial charge in [0.1, 0.15) is 16.8 Å². The Balaban J connectivity index is 1.60. The number of anilines is 2. The van der Waals surface area contributed by atoms with Gasteiger partial charge in [0.2, 0.25) is 5.95 Å². The van der Waals surface area contributed by atoms with Crippen LogP contribution in [0.25, 0.3) is 0 Å². The van der Waals surface area contributed by atoms with Gasteiger partial charge in [0.25, 0.3) is 0 Å². The minimum Gasteiger partial charge on any atom is -0.369 e. The molecule has 3 N–H and O–H groups in total. The van der Waals surface area contributed by atoms with E-state index in [0.717, 1.165) is 18.8 Å². The maximum Gasteiger partial charge on any atom is 0.223 e. The van der Waals surface area contributed by atoms with Crippen LogP contribution in [0.5, 0.6) is 0 Å². The lowest BCUT2D eigenvalue weighted by atomic mass is 10.2. The Bertz CT molecular complexity index is 751. The zero-order chi connectivity index (χ0) is 16.1. The van der Waals surface area contributed by atoms with Gasteiger partial charge < -0.3 is 15.6 Å². The molecule has 0 unspecified atom stereocenters. The summed E-state index contributed by atoms with van der Waals surface area (Å²) in [6, 6.07) is 11.9. The Morgan fingerprint density at radius 3 is 2.78 bits per heavy atom. The topological polar surface area (TPSA) is 81.6 Å². The van der Waals surface area contributed by atoms with E-state index in [1.165, 1.54) is 5.56 Å². The summed E-state index contributed by atoms with van der Waals surface area (Å²) < 4.78 is 2.14. The molecule has 0 amide bonds. The van der Waals surface area contributed by atoms with Crippen LogP contribution in [0.3, 0.4) is 0 Å². The Hall–Kier alpha value is -2.60. The fourth-order valence-corrected chi connectivity index (χ4v) is 2.51. The van der Waals surface area contributed by atoms with Gasteiger partial charge in [0.05, 0.1) is 0 Å². The molecule has 118 valence electrons. The van der Waals surface area contributed by atoms with Crippen molar-refractivity contribution < 1.29 is 0 Å². The monoisotopic (exact) mass is 328 g/mol. The number of nitrogens with one attached hydrogen (secondary N) is 1. The van der Waals surface area contributed by atoms with E-state index >= 15 is 0 Å². The number of nitrogens with two attached hydrogens (primary N) is 1. The molecular formula is C16H17ClN6. The van der Waals surface area contributed by atoms with Crippen LogP contribution in [0.4, 0.5) is 11.8 Å². The van der Waals surface area contributed by atoms with Crippen LogP contribution in [-0.4, -0.2) is 26.1 Å². The second kappa shape index (κ2) is 7.11. The van der Waals surface area contributed by atoms with E-state index in [1.807, 2.05) is 30.6 Å². The van der Waals surface area contributed by atoms with Crippen LogP contribution < -0.4 is 11.1 Å². The van der Waals surface area contributed by atoms with Crippen LogP contribution in [-0.2, 0) is 13.0 Å². The standard InChI is InChI=1S/C16H17ClN6/c17-13-10-14(22-16(18)21-13)19-7-6-15-20-8-9-23(15)11-12-4-2-1-3-5-12/h1-5,8-10H,6-7,11H2,(H3,18,19,21,22). The predicted octanol–water partition coefficient (Wildman–Crippen LogP) is 2.61. The first-order valence-electron chi connectivity index (χ1n) is 7.28. The highest BCUT2D eigenvalue weighted by molar-refractivity contribution is 6.29. The van der Waals surface area contributed by atoms with Gasteiger partial charge in [-0.15, -0.1) is 0 Å². The first-order chi connectivity index (χ1) is 11.2. The minimum absolute atomic E-state index is 0.158. The molecule has 7 heteroatoms. The van der Waals surface area contributed by atoms with Gasteiger partial charge in [-0.3, -0.25) is 0 Å². The van der Waals surface area contributed by atoms with Gasteiger partial charge in [0.15, 0.2) is 0 Å². The van der Waals surface area contributed by atoms with Crippen LogP contribution in [0.2, 0.25) is 5.15 Å². The van der Waals surface area contributed by atoms with Crippen LogP contribution in [0, 0.1) is 0 Å². The summed E-state index contributed by atoms with van der Waals surface area (Å²) >= 11 is 5.86. The van der Waals surface area contributed by atoms with Crippen molar-refractivity contribution in [3.05, 3.63) is 65.3 Å². The molecule has 0 radical (unpaired) electrons. The van der Waals surface area contributed by atoms with E-state index in [-0.39, 0.29) is 5.95 Å². The molecular weight excluding hydrogens is 312 g/mol. The second-order valence-electron chi connectivity index (χ2n) is 5.07. The summed E-state index contributed by atoms with van der Waals surface area (Å²) in [4.78, 5) is 12.3. The average Bonchev–Trinajstić information content (AvgIpc) is 2.95. The van der Waals surface area contributed by atoms with Gasteiger partial charge in [-0.25, -0.2) is 9.97 Å². The van der Waals surface area contributed by atoms with Crippen LogP contribution in [0.15, 0.2) is 48.8 Å². The zero-order valence-electron chi connectivity index (χ0n) is 12.5. The molecule has 0 aliphatic heterocycles. The molecule has 0 saturated carbocycles. The second-order valence-corrected chi connectivity index (χ2v) is 5.46. The molecule has 23 heavy (non-hydrogen) atoms. The Morgan fingerprint density at radius 1 is 1.17 bits per heavy atom. The maximum absolute atomic E-state index is 5.86. The molecule has 0 saturated heterocycles. The fraction of sp³-hybridized carbons (Fsp3) is 0.188. The van der Waals surface area contributed by atoms with Gasteiger partial charge in [0, 0.05) is 38.0 Å². The molecule has 6 nitrogen and oxygen atoms in total. The van der Waals surface area contributed by atoms with Gasteiger partial charge in [-0.1, -0.05) is 41.9 Å². The van der Waals surface area contributed by atoms with E-state index in [2.05, 4.69) is 37.0 Å². The molecule has 2 heterocycles. The number of halogens is 1. The predicted molar refractivity (Wildman–Crippen MR) is 91.4 cm³/mol. The quantitative estimate of drug-likeness (QED) is 0.680. The first-order valence-corrected chi connectivity index (χ1v) is 7.66. The van der Waals surface area contributed by atoms with Gasteiger partial charge in [-0.05, 0) is 5.56 Å². The number of hydrogen-bond acceptors (Lipinski definition) is 5. The summed E-state index contributed by atoms with van der Waals surface area (Å²) in [5.41, 5.74) is 6.82. The largest absolute Gasteiger partial charge is 0.369 e. The average molecular weight is 329 g/mol. The number of hydrogen-bond donors (Lipinski definition) is 2. The molecule has 0 aliphatic carbocycles. The Kier molecular flexibility index (Phi) is 4.73. The van der Waals surface area contributed by atoms with E-state index in [1.54, 1.807) is 6.07 Å². The van der Waals surface area contributed by atoms with E-state index in [0.29, 0.717) is 17.5 Å². The molecule has 0 aliphatic rings. The Morgan fingerprint density at radius 2 is 2.00 bits per heavy atom. The molecule has 0 fully saturated rings. The normalized spacial score (nSPS) is 10.7. The van der Waals surface area contributed by atoms with Crippen molar-refractivity contribution in [1.29, 1.82) is 0 Å². The molecule has 0 spiro atoms. The van der Waals surface area contributed by atoms with Crippen molar-refractivity contribution in [2.75, 3.05) is 17.6 Å². The summed E-state index contributed by atoms with van der Waals surface area (Å²) in [5.74, 6) is 1.78. The summed E-state index contributed by atoms with van der Waals surface area (Å²) in [5, 5.41) is 3.51. The van der Waals surface area contributed by atoms with Gasteiger partial charge in [-0.2, -0.15) is 4.98 Å². The smallest absolute Gasteiger partial charge is 0.223 e. The SMILES string of the molecule is Nc1nc(Cl)cc(NCCc2nccn2Cc2ccccc2)n1. The number of nitrogen functional groups attached to an aromatic ring is 1. The number of nitrogens with zero attached hydrogens (tertiary/aromatic N) is 4. The van der Waals surface area contributed by atoms with E-state index in [9.17, 15) is 0 Å². The third kappa shape index (κ3) is 4.20. The van der Waals surface area contributed by atoms with Crippen molar-refractivity contribution in [3.63, 3.8) is 0 Å². The summed E-state index contributed by atoms with van der Waals surface area (Å²) in [6.07, 6.45) is 4.57. The number of benzene rings is 1. The first kappa shape index (κ1) is 15.3. The lowest BCUT2D eigenvalue weighted by Crippen LogP contribution is -2.12. The zero-order valence-corrected chi connectivity index (χ0v) is 13.2. The third-order valence-electron chi connectivity index (χ3n) is 3.36. The van der Waals surface area contributed by atoms with E-state index in [4.69, 9.17) is 17.3 Å². The molecule has 3 rings (SSSR count). The maximum atomic E-state index is 5.86. The highest BCUT2D eigenvalue weighted by atomic mass is 35.5. The number of imidazole rings is 1. The van der Waals surface area contributed by atoms with E-state index < -0.39 is 0 Å². The highest BCUT2D eigenvalue weighted by Gasteiger charge is 2.05. The third-order valence-corrected chi connectivity index (χ3v) is 3.56. The van der Waals surface area contributed by atoms with Crippen molar-refractivity contribution in [2.24, 2.45) is 0 Å². The number of aromatic nitrogens is 4. The molecule has 0 atom stereocenters. The number of rotatable bonds is 6. The van der Waals surface area contributed by atoms with Crippen molar-refractivity contribution in [2.45, 2.75) is 13.0 Å². The van der Waals surface area contributed by atoms with Crippen molar-refractivity contribution >= 4 is 23.4 Å². The van der Waals surface area contributed by atoms with Crippen molar-refractivity contribution in [1.82, 2.24) is 19.5 Å².